The highest BCUT2D eigenvalue weighted by atomic mass is 16.2. The minimum atomic E-state index is -0.154. The lowest BCUT2D eigenvalue weighted by molar-refractivity contribution is -0.147. The Bertz CT molecular complexity index is 620. The maximum atomic E-state index is 13.2. The van der Waals surface area contributed by atoms with Crippen LogP contribution in [0.1, 0.15) is 36.9 Å². The van der Waals surface area contributed by atoms with E-state index in [0.29, 0.717) is 12.8 Å². The Morgan fingerprint density at radius 1 is 1.12 bits per heavy atom. The van der Waals surface area contributed by atoms with Gasteiger partial charge in [0.1, 0.15) is 0 Å². The lowest BCUT2D eigenvalue weighted by Gasteiger charge is -2.42. The summed E-state index contributed by atoms with van der Waals surface area (Å²) < 4.78 is 0. The molecule has 2 fully saturated rings. The van der Waals surface area contributed by atoms with Crippen molar-refractivity contribution >= 4 is 11.8 Å². The van der Waals surface area contributed by atoms with Crippen LogP contribution in [0.15, 0.2) is 24.3 Å². The Morgan fingerprint density at radius 3 is 2.36 bits per heavy atom. The zero-order chi connectivity index (χ0) is 18.0. The van der Waals surface area contributed by atoms with E-state index < -0.39 is 0 Å². The van der Waals surface area contributed by atoms with Crippen molar-refractivity contribution in [2.75, 3.05) is 39.8 Å². The number of rotatable bonds is 3. The number of carbonyl (C=O) groups is 2. The van der Waals surface area contributed by atoms with E-state index in [9.17, 15) is 9.59 Å². The van der Waals surface area contributed by atoms with Crippen LogP contribution in [0.25, 0.3) is 0 Å². The van der Waals surface area contributed by atoms with Crippen LogP contribution in [0, 0.1) is 12.8 Å². The van der Waals surface area contributed by atoms with Gasteiger partial charge in [0.05, 0.1) is 12.0 Å². The van der Waals surface area contributed by atoms with Gasteiger partial charge in [-0.25, -0.2) is 0 Å². The van der Waals surface area contributed by atoms with E-state index in [1.165, 1.54) is 5.56 Å². The van der Waals surface area contributed by atoms with Crippen LogP contribution in [-0.2, 0) is 9.59 Å². The highest BCUT2D eigenvalue weighted by molar-refractivity contribution is 5.85. The van der Waals surface area contributed by atoms with Gasteiger partial charge in [-0.1, -0.05) is 36.8 Å². The smallest absolute Gasteiger partial charge is 0.228 e. The molecule has 136 valence electrons. The van der Waals surface area contributed by atoms with Crippen molar-refractivity contribution in [1.29, 1.82) is 0 Å². The van der Waals surface area contributed by atoms with Gasteiger partial charge >= 0.3 is 0 Å². The van der Waals surface area contributed by atoms with Gasteiger partial charge in [0, 0.05) is 39.6 Å². The minimum absolute atomic E-state index is 0.130. The van der Waals surface area contributed by atoms with E-state index in [1.807, 2.05) is 11.9 Å². The van der Waals surface area contributed by atoms with Crippen molar-refractivity contribution in [3.05, 3.63) is 35.4 Å². The third-order valence-corrected chi connectivity index (χ3v) is 5.73. The number of piperazine rings is 1. The Labute approximate surface area is 150 Å². The summed E-state index contributed by atoms with van der Waals surface area (Å²) in [6, 6.07) is 8.08. The summed E-state index contributed by atoms with van der Waals surface area (Å²) in [5, 5.41) is 0. The number of hydrogen-bond acceptors (Lipinski definition) is 3. The predicted octanol–water partition coefficient (Wildman–Crippen LogP) is 2.07. The fraction of sp³-hybridized carbons (Fsp3) is 0.600. The van der Waals surface area contributed by atoms with Gasteiger partial charge in [0.15, 0.2) is 0 Å². The molecular weight excluding hydrogens is 314 g/mol. The summed E-state index contributed by atoms with van der Waals surface area (Å²) in [6.45, 7) is 8.72. The van der Waals surface area contributed by atoms with Gasteiger partial charge < -0.3 is 14.7 Å². The molecule has 2 aliphatic heterocycles. The maximum absolute atomic E-state index is 13.2. The molecule has 3 rings (SSSR count). The molecule has 5 nitrogen and oxygen atoms in total. The van der Waals surface area contributed by atoms with E-state index in [1.54, 1.807) is 4.90 Å². The topological polar surface area (TPSA) is 43.9 Å². The molecule has 25 heavy (non-hydrogen) atoms. The normalized spacial score (nSPS) is 25.3. The lowest BCUT2D eigenvalue weighted by atomic mass is 9.83. The number of nitrogens with zero attached hydrogens (tertiary/aromatic N) is 3. The number of amides is 2. The number of piperidine rings is 1. The molecule has 0 aliphatic carbocycles. The van der Waals surface area contributed by atoms with Crippen LogP contribution in [0.2, 0.25) is 0 Å². The van der Waals surface area contributed by atoms with Gasteiger partial charge in [-0.15, -0.1) is 0 Å². The van der Waals surface area contributed by atoms with Crippen molar-refractivity contribution in [1.82, 2.24) is 14.7 Å². The first kappa shape index (κ1) is 17.9. The highest BCUT2D eigenvalue weighted by Gasteiger charge is 2.40. The summed E-state index contributed by atoms with van der Waals surface area (Å²) in [6.07, 6.45) is 1.11. The van der Waals surface area contributed by atoms with Crippen molar-refractivity contribution in [3.8, 4) is 0 Å². The average molecular weight is 343 g/mol. The number of hydrogen-bond donors (Lipinski definition) is 0. The van der Waals surface area contributed by atoms with Crippen molar-refractivity contribution in [3.63, 3.8) is 0 Å². The molecule has 2 atom stereocenters. The van der Waals surface area contributed by atoms with Crippen LogP contribution >= 0.6 is 0 Å². The summed E-state index contributed by atoms with van der Waals surface area (Å²) >= 11 is 0. The minimum Gasteiger partial charge on any atom is -0.340 e. The van der Waals surface area contributed by atoms with E-state index in [0.717, 1.165) is 38.3 Å². The fourth-order valence-corrected chi connectivity index (χ4v) is 4.04. The van der Waals surface area contributed by atoms with Crippen molar-refractivity contribution in [2.45, 2.75) is 32.7 Å². The quantitative estimate of drug-likeness (QED) is 0.844. The molecule has 0 aromatic heterocycles. The van der Waals surface area contributed by atoms with Gasteiger partial charge in [-0.3, -0.25) is 9.59 Å². The zero-order valence-electron chi connectivity index (χ0n) is 15.6. The first-order valence-corrected chi connectivity index (χ1v) is 9.34. The summed E-state index contributed by atoms with van der Waals surface area (Å²) in [4.78, 5) is 31.6. The van der Waals surface area contributed by atoms with E-state index >= 15 is 0 Å². The van der Waals surface area contributed by atoms with Crippen molar-refractivity contribution < 1.29 is 9.59 Å². The predicted molar refractivity (Wildman–Crippen MR) is 98.1 cm³/mol. The summed E-state index contributed by atoms with van der Waals surface area (Å²) in [5.74, 6) is 0.199. The molecule has 0 unspecified atom stereocenters. The number of likely N-dealkylation sites (N-methyl/N-ethyl adjacent to an activating group) is 1. The molecule has 0 spiro atoms. The van der Waals surface area contributed by atoms with Crippen LogP contribution < -0.4 is 0 Å². The summed E-state index contributed by atoms with van der Waals surface area (Å²) in [5.41, 5.74) is 2.25. The van der Waals surface area contributed by atoms with Gasteiger partial charge in [-0.2, -0.15) is 0 Å². The number of aryl methyl sites for hydroxylation is 1. The molecular formula is C20H29N3O2. The third kappa shape index (κ3) is 3.71. The first-order chi connectivity index (χ1) is 12.0. The molecule has 0 bridgehead atoms. The second-order valence-electron chi connectivity index (χ2n) is 7.26. The second kappa shape index (κ2) is 7.56. The Kier molecular flexibility index (Phi) is 5.42. The van der Waals surface area contributed by atoms with Crippen molar-refractivity contribution in [2.24, 2.45) is 5.92 Å². The van der Waals surface area contributed by atoms with Gasteiger partial charge in [-0.05, 0) is 25.5 Å². The Balaban J connectivity index is 1.81. The monoisotopic (exact) mass is 343 g/mol. The van der Waals surface area contributed by atoms with Gasteiger partial charge in [0.25, 0.3) is 0 Å². The molecule has 5 heteroatoms. The second-order valence-corrected chi connectivity index (χ2v) is 7.26. The molecule has 2 aliphatic rings. The van der Waals surface area contributed by atoms with Crippen LogP contribution in [0.4, 0.5) is 0 Å². The standard InChI is InChI=1S/C20H29N3O2/c1-4-22-11-13-23(14-12-22)20(25)17-9-10-18(24)21(3)19(17)16-7-5-15(2)6-8-16/h5-8,17,19H,4,9-14H2,1-3H3/t17-,19+/m0/s1. The molecule has 1 aromatic carbocycles. The lowest BCUT2D eigenvalue weighted by Crippen LogP contribution is -2.53. The molecule has 1 aromatic rings. The van der Waals surface area contributed by atoms with E-state index in [2.05, 4.69) is 43.0 Å². The molecule has 0 saturated carbocycles. The van der Waals surface area contributed by atoms with Crippen LogP contribution in [-0.4, -0.2) is 66.3 Å². The molecule has 0 N–H and O–H groups in total. The molecule has 0 radical (unpaired) electrons. The summed E-state index contributed by atoms with van der Waals surface area (Å²) in [7, 11) is 1.83. The van der Waals surface area contributed by atoms with Crippen LogP contribution in [0.5, 0.6) is 0 Å². The van der Waals surface area contributed by atoms with Gasteiger partial charge in [0.2, 0.25) is 11.8 Å². The third-order valence-electron chi connectivity index (χ3n) is 5.73. The number of carbonyl (C=O) groups excluding carboxylic acids is 2. The maximum Gasteiger partial charge on any atom is 0.228 e. The largest absolute Gasteiger partial charge is 0.340 e. The van der Waals surface area contributed by atoms with E-state index in [4.69, 9.17) is 0 Å². The number of benzene rings is 1. The highest BCUT2D eigenvalue weighted by Crippen LogP contribution is 2.37. The Morgan fingerprint density at radius 2 is 1.76 bits per heavy atom. The van der Waals surface area contributed by atoms with Crippen LogP contribution in [0.3, 0.4) is 0 Å². The van der Waals surface area contributed by atoms with E-state index in [-0.39, 0.29) is 23.8 Å². The zero-order valence-corrected chi connectivity index (χ0v) is 15.6. The Hall–Kier alpha value is -1.88. The molecule has 2 heterocycles. The number of likely N-dealkylation sites (tertiary alicyclic amines) is 1. The first-order valence-electron chi connectivity index (χ1n) is 9.34. The SMILES string of the molecule is CCN1CCN(C(=O)[C@H]2CCC(=O)N(C)[C@@H]2c2ccc(C)cc2)CC1. The molecule has 2 saturated heterocycles. The fourth-order valence-electron chi connectivity index (χ4n) is 4.04. The molecule has 2 amide bonds. The average Bonchev–Trinajstić information content (AvgIpc) is 2.64.